The Balaban J connectivity index is 1.13. The molecule has 1 aliphatic heterocycles. The Hall–Kier alpha value is -3.75. The van der Waals surface area contributed by atoms with Crippen LogP contribution in [-0.4, -0.2) is 63.9 Å². The van der Waals surface area contributed by atoms with Crippen LogP contribution in [0.2, 0.25) is 0 Å². The lowest BCUT2D eigenvalue weighted by Crippen LogP contribution is -2.68. The van der Waals surface area contributed by atoms with Crippen LogP contribution < -0.4 is 25.4 Å². The van der Waals surface area contributed by atoms with Crippen LogP contribution in [0.5, 0.6) is 11.8 Å². The molecule has 3 heterocycles. The van der Waals surface area contributed by atoms with Crippen molar-refractivity contribution >= 4 is 17.5 Å². The lowest BCUT2D eigenvalue weighted by molar-refractivity contribution is -0.0439. The maximum absolute atomic E-state index is 15.2. The summed E-state index contributed by atoms with van der Waals surface area (Å²) in [5.74, 6) is 1.25. The highest BCUT2D eigenvalue weighted by molar-refractivity contribution is 5.94. The summed E-state index contributed by atoms with van der Waals surface area (Å²) in [6.45, 7) is 1.09. The second-order valence-corrected chi connectivity index (χ2v) is 10.7. The minimum Gasteiger partial charge on any atom is -0.488 e. The first-order valence-electron chi connectivity index (χ1n) is 12.7. The minimum atomic E-state index is -1.18. The smallest absolute Gasteiger partial charge is 0.319 e. The van der Waals surface area contributed by atoms with Crippen LogP contribution >= 0.6 is 0 Å². The molecule has 1 amide bonds. The van der Waals surface area contributed by atoms with Gasteiger partial charge >= 0.3 is 6.01 Å². The zero-order valence-electron chi connectivity index (χ0n) is 20.3. The summed E-state index contributed by atoms with van der Waals surface area (Å²) in [4.78, 5) is 31.5. The predicted molar refractivity (Wildman–Crippen MR) is 129 cm³/mol. The number of carbonyl (C=O) groups is 1. The molecule has 4 saturated carbocycles. The first-order valence-corrected chi connectivity index (χ1v) is 12.7. The first kappa shape index (κ1) is 23.6. The van der Waals surface area contributed by atoms with Gasteiger partial charge < -0.3 is 25.4 Å². The second kappa shape index (κ2) is 9.28. The van der Waals surface area contributed by atoms with Crippen molar-refractivity contribution in [1.82, 2.24) is 25.3 Å². The molecule has 0 aromatic carbocycles. The fourth-order valence-electron chi connectivity index (χ4n) is 5.45. The molecule has 0 radical (unpaired) electrons. The third kappa shape index (κ3) is 4.82. The van der Waals surface area contributed by atoms with E-state index in [1.807, 2.05) is 4.90 Å². The number of nitrogen functional groups attached to an aromatic ring is 1. The molecular weight excluding hydrogens is 479 g/mol. The van der Waals surface area contributed by atoms with Gasteiger partial charge in [0.15, 0.2) is 11.6 Å². The molecular formula is C25H29FN8O3. The molecule has 3 N–H and O–H groups in total. The summed E-state index contributed by atoms with van der Waals surface area (Å²) in [5.41, 5.74) is 5.89. The second-order valence-electron chi connectivity index (χ2n) is 10.7. The van der Waals surface area contributed by atoms with Crippen molar-refractivity contribution in [3.8, 4) is 17.8 Å². The number of halogens is 1. The zero-order chi connectivity index (χ0) is 25.6. The van der Waals surface area contributed by atoms with Gasteiger partial charge in [-0.25, -0.2) is 14.4 Å². The van der Waals surface area contributed by atoms with Gasteiger partial charge in [-0.2, -0.15) is 15.2 Å². The molecule has 0 spiro atoms. The van der Waals surface area contributed by atoms with Gasteiger partial charge in [0.1, 0.15) is 24.0 Å². The Bertz CT molecular complexity index is 1220. The Kier molecular flexibility index (Phi) is 5.93. The molecule has 4 aliphatic carbocycles. The van der Waals surface area contributed by atoms with Crippen LogP contribution in [0.4, 0.5) is 16.0 Å². The molecule has 7 rings (SSSR count). The van der Waals surface area contributed by atoms with E-state index in [1.54, 1.807) is 6.07 Å². The predicted octanol–water partition coefficient (Wildman–Crippen LogP) is 1.91. The van der Waals surface area contributed by atoms with Gasteiger partial charge in [0.25, 0.3) is 5.91 Å². The highest BCUT2D eigenvalue weighted by atomic mass is 19.1. The van der Waals surface area contributed by atoms with Crippen LogP contribution in [0.25, 0.3) is 0 Å². The van der Waals surface area contributed by atoms with Gasteiger partial charge in [0, 0.05) is 30.0 Å². The number of hydrogen-bond acceptors (Lipinski definition) is 10. The Morgan fingerprint density at radius 2 is 2.08 bits per heavy atom. The van der Waals surface area contributed by atoms with Crippen molar-refractivity contribution in [2.45, 2.75) is 43.8 Å². The van der Waals surface area contributed by atoms with Gasteiger partial charge in [0.05, 0.1) is 37.9 Å². The van der Waals surface area contributed by atoms with Crippen molar-refractivity contribution in [3.05, 3.63) is 24.3 Å². The summed E-state index contributed by atoms with van der Waals surface area (Å²) in [6.07, 6.45) is 5.95. The van der Waals surface area contributed by atoms with Crippen LogP contribution in [0.15, 0.2) is 18.6 Å². The average Bonchev–Trinajstić information content (AvgIpc) is 3.63. The number of ether oxygens (including phenoxy) is 2. The zero-order valence-corrected chi connectivity index (χ0v) is 20.3. The molecule has 12 heteroatoms. The maximum Gasteiger partial charge on any atom is 0.319 e. The van der Waals surface area contributed by atoms with Crippen molar-refractivity contribution in [3.63, 3.8) is 0 Å². The van der Waals surface area contributed by atoms with Gasteiger partial charge in [-0.3, -0.25) is 4.79 Å². The minimum absolute atomic E-state index is 0.0124. The van der Waals surface area contributed by atoms with Crippen molar-refractivity contribution in [2.75, 3.05) is 36.9 Å². The third-order valence-corrected chi connectivity index (χ3v) is 8.02. The van der Waals surface area contributed by atoms with Gasteiger partial charge in [-0.05, 0) is 38.0 Å². The van der Waals surface area contributed by atoms with E-state index >= 15 is 4.39 Å². The maximum atomic E-state index is 15.2. The average molecular weight is 509 g/mol. The Morgan fingerprint density at radius 3 is 2.76 bits per heavy atom. The molecule has 1 unspecified atom stereocenters. The number of alkyl halides is 1. The lowest BCUT2D eigenvalue weighted by Gasteiger charge is -2.61. The number of aromatic nitrogens is 4. The summed E-state index contributed by atoms with van der Waals surface area (Å²) in [7, 11) is 0. The normalized spacial score (nSPS) is 31.4. The molecule has 11 nitrogen and oxygen atoms in total. The monoisotopic (exact) mass is 508 g/mol. The van der Waals surface area contributed by atoms with Crippen LogP contribution in [0.1, 0.15) is 42.6 Å². The quantitative estimate of drug-likeness (QED) is 0.514. The SMILES string of the molecule is N#C[C@@H]1C[C@@H]1COc1nc(C(=O)NC23CC(C2)C3)cc(N2CCC(COc3cncnc3N)[C@@H](F)C2)n1. The fraction of sp³-hybridized carbons (Fsp3) is 0.600. The topological polar surface area (TPSA) is 152 Å². The van der Waals surface area contributed by atoms with E-state index in [9.17, 15) is 4.79 Å². The summed E-state index contributed by atoms with van der Waals surface area (Å²) < 4.78 is 26.7. The number of nitrogens with zero attached hydrogens (tertiary/aromatic N) is 6. The fourth-order valence-corrected chi connectivity index (χ4v) is 5.45. The number of nitrogens with one attached hydrogen (secondary N) is 1. The molecule has 5 fully saturated rings. The van der Waals surface area contributed by atoms with Gasteiger partial charge in [-0.15, -0.1) is 0 Å². The van der Waals surface area contributed by atoms with E-state index in [0.717, 1.165) is 31.6 Å². The van der Waals surface area contributed by atoms with Crippen LogP contribution in [0.3, 0.4) is 0 Å². The van der Waals surface area contributed by atoms with Gasteiger partial charge in [-0.1, -0.05) is 0 Å². The molecule has 37 heavy (non-hydrogen) atoms. The van der Waals surface area contributed by atoms with E-state index in [0.29, 0.717) is 31.1 Å². The summed E-state index contributed by atoms with van der Waals surface area (Å²) in [5, 5.41) is 12.2. The number of carbonyl (C=O) groups excluding carboxylic acids is 1. The summed E-state index contributed by atoms with van der Waals surface area (Å²) >= 11 is 0. The standard InChI is InChI=1S/C25H29FN8O3/c26-18-10-34(2-1-15(18)11-36-20-9-29-13-30-22(20)28)21-4-19(23(35)33-25-5-14(6-25)7-25)31-24(32-21)37-12-17-3-16(17)8-27/h4,9,13-18H,1-3,5-7,10-12H2,(H,33,35)(H2,28,29,30)/t14?,15?,16-,17+,18-,25?/m0/s1. The molecule has 2 bridgehead atoms. The summed E-state index contributed by atoms with van der Waals surface area (Å²) in [6, 6.07) is 3.91. The molecule has 4 atom stereocenters. The lowest BCUT2D eigenvalue weighted by atomic mass is 9.50. The molecule has 2 aromatic rings. The van der Waals surface area contributed by atoms with Crippen LogP contribution in [-0.2, 0) is 0 Å². The largest absolute Gasteiger partial charge is 0.488 e. The highest BCUT2D eigenvalue weighted by Gasteiger charge is 2.57. The first-order chi connectivity index (χ1) is 17.9. The molecule has 5 aliphatic rings. The number of hydrogen-bond donors (Lipinski definition) is 2. The molecule has 2 aromatic heterocycles. The number of nitriles is 1. The van der Waals surface area contributed by atoms with E-state index < -0.39 is 6.17 Å². The Morgan fingerprint density at radius 1 is 1.27 bits per heavy atom. The highest BCUT2D eigenvalue weighted by Crippen LogP contribution is 2.57. The number of anilines is 2. The van der Waals surface area contributed by atoms with Gasteiger partial charge in [0.2, 0.25) is 0 Å². The van der Waals surface area contributed by atoms with Crippen LogP contribution in [0, 0.1) is 35.0 Å². The van der Waals surface area contributed by atoms with Crippen molar-refractivity contribution < 1.29 is 18.7 Å². The Labute approximate surface area is 213 Å². The molecule has 1 saturated heterocycles. The van der Waals surface area contributed by atoms with E-state index in [2.05, 4.69) is 31.3 Å². The van der Waals surface area contributed by atoms with E-state index in [4.69, 9.17) is 20.5 Å². The number of rotatable bonds is 9. The number of piperidine rings is 1. The van der Waals surface area contributed by atoms with E-state index in [-0.39, 0.29) is 59.9 Å². The molecule has 194 valence electrons. The van der Waals surface area contributed by atoms with Crippen molar-refractivity contribution in [1.29, 1.82) is 5.26 Å². The van der Waals surface area contributed by atoms with Crippen molar-refractivity contribution in [2.24, 2.45) is 23.7 Å². The third-order valence-electron chi connectivity index (χ3n) is 8.02. The number of nitrogens with two attached hydrogens (primary N) is 1. The van der Waals surface area contributed by atoms with E-state index in [1.165, 1.54) is 12.5 Å². The number of amides is 1.